The minimum atomic E-state index is 1.07. The predicted molar refractivity (Wildman–Crippen MR) is 306 cm³/mol. The van der Waals surface area contributed by atoms with Gasteiger partial charge in [0.1, 0.15) is 0 Å². The molecule has 2 heteroatoms. The SMILES string of the molecule is c1ccc(-c2ccc(-c3ccc(N(c4ccc(-c5cccc6c7ccccc7n(-c7ccccc7)c56)cc4)c4ccccc4-c4cccc5cccc(-c6ccccc6)c45)cc3)cc2-c2ccccc2)cc1. The van der Waals surface area contributed by atoms with Crippen molar-refractivity contribution in [3.63, 3.8) is 0 Å². The Morgan fingerprint density at radius 3 is 1.42 bits per heavy atom. The molecule has 0 aliphatic heterocycles. The predicted octanol–water partition coefficient (Wildman–Crippen LogP) is 19.4. The zero-order valence-electron chi connectivity index (χ0n) is 39.6. The van der Waals surface area contributed by atoms with Crippen LogP contribution in [0.1, 0.15) is 0 Å². The monoisotopic (exact) mass is 916 g/mol. The normalized spacial score (nSPS) is 11.3. The molecule has 0 saturated carbocycles. The standard InChI is InChI=1S/C70H48N2/c1-5-20-50(21-6-1)59-47-42-55(48-66(59)52-24-9-3-10-25-52)49-38-43-57(44-39-49)71(67-36-15-13-30-62(67)64-34-18-27-54-26-17-32-60(69(54)64)51-22-7-2-8-23-51)58-45-40-53(41-46-58)61-33-19-35-65-63-31-14-16-37-68(63)72(70(61)65)56-28-11-4-12-29-56/h1-48H. The Hall–Kier alpha value is -9.50. The molecular formula is C70H48N2. The van der Waals surface area contributed by atoms with Gasteiger partial charge in [-0.3, -0.25) is 0 Å². The number of hydrogen-bond acceptors (Lipinski definition) is 1. The summed E-state index contributed by atoms with van der Waals surface area (Å²) in [6.45, 7) is 0. The van der Waals surface area contributed by atoms with Crippen LogP contribution in [0, 0.1) is 0 Å². The minimum absolute atomic E-state index is 1.07. The van der Waals surface area contributed by atoms with Crippen LogP contribution in [0.25, 0.3) is 105 Å². The highest BCUT2D eigenvalue weighted by molar-refractivity contribution is 6.14. The molecule has 1 aromatic heterocycles. The Morgan fingerprint density at radius 1 is 0.264 bits per heavy atom. The molecule has 2 nitrogen and oxygen atoms in total. The molecule has 0 saturated heterocycles. The Morgan fingerprint density at radius 2 is 0.736 bits per heavy atom. The quantitative estimate of drug-likeness (QED) is 0.133. The maximum atomic E-state index is 2.43. The zero-order valence-corrected chi connectivity index (χ0v) is 39.6. The molecule has 12 aromatic carbocycles. The highest BCUT2D eigenvalue weighted by Crippen LogP contribution is 2.46. The van der Waals surface area contributed by atoms with Crippen molar-refractivity contribution >= 4 is 49.6 Å². The molecule has 72 heavy (non-hydrogen) atoms. The fourth-order valence-electron chi connectivity index (χ4n) is 10.9. The van der Waals surface area contributed by atoms with Gasteiger partial charge in [-0.05, 0) is 121 Å². The summed E-state index contributed by atoms with van der Waals surface area (Å²) in [5.41, 5.74) is 21.0. The van der Waals surface area contributed by atoms with E-state index in [9.17, 15) is 0 Å². The van der Waals surface area contributed by atoms with Gasteiger partial charge in [-0.2, -0.15) is 0 Å². The van der Waals surface area contributed by atoms with Crippen molar-refractivity contribution in [2.45, 2.75) is 0 Å². The van der Waals surface area contributed by atoms with Crippen LogP contribution < -0.4 is 4.90 Å². The van der Waals surface area contributed by atoms with Gasteiger partial charge in [0.2, 0.25) is 0 Å². The third-order valence-corrected chi connectivity index (χ3v) is 14.2. The average Bonchev–Trinajstić information content (AvgIpc) is 3.81. The van der Waals surface area contributed by atoms with E-state index in [2.05, 4.69) is 301 Å². The largest absolute Gasteiger partial charge is 0.310 e. The van der Waals surface area contributed by atoms with E-state index < -0.39 is 0 Å². The molecule has 0 amide bonds. The number of benzene rings is 12. The van der Waals surface area contributed by atoms with E-state index in [1.807, 2.05) is 0 Å². The number of aromatic nitrogens is 1. The fourth-order valence-corrected chi connectivity index (χ4v) is 10.9. The van der Waals surface area contributed by atoms with Gasteiger partial charge in [-0.1, -0.05) is 237 Å². The van der Waals surface area contributed by atoms with Gasteiger partial charge in [-0.25, -0.2) is 0 Å². The molecule has 1 heterocycles. The molecule has 0 aliphatic rings. The number of anilines is 3. The van der Waals surface area contributed by atoms with E-state index >= 15 is 0 Å². The molecule has 13 rings (SSSR count). The first kappa shape index (κ1) is 42.6. The summed E-state index contributed by atoms with van der Waals surface area (Å²) in [5.74, 6) is 0. The first-order valence-electron chi connectivity index (χ1n) is 24.8. The van der Waals surface area contributed by atoms with Crippen LogP contribution in [-0.4, -0.2) is 4.57 Å². The van der Waals surface area contributed by atoms with E-state index in [1.165, 1.54) is 82.6 Å². The Balaban J connectivity index is 0.972. The second-order valence-corrected chi connectivity index (χ2v) is 18.4. The molecule has 0 aliphatic carbocycles. The van der Waals surface area contributed by atoms with Crippen LogP contribution in [0.5, 0.6) is 0 Å². The average molecular weight is 917 g/mol. The fraction of sp³-hybridized carbons (Fsp3) is 0. The van der Waals surface area contributed by atoms with Crippen molar-refractivity contribution < 1.29 is 0 Å². The van der Waals surface area contributed by atoms with Gasteiger partial charge in [0.25, 0.3) is 0 Å². The minimum Gasteiger partial charge on any atom is -0.310 e. The van der Waals surface area contributed by atoms with Gasteiger partial charge in [0.15, 0.2) is 0 Å². The van der Waals surface area contributed by atoms with E-state index in [0.717, 1.165) is 39.4 Å². The number of fused-ring (bicyclic) bond motifs is 4. The summed E-state index contributed by atoms with van der Waals surface area (Å²) >= 11 is 0. The Bertz CT molecular complexity index is 4040. The molecule has 338 valence electrons. The van der Waals surface area contributed by atoms with Crippen LogP contribution in [0.15, 0.2) is 291 Å². The molecule has 0 unspecified atom stereocenters. The highest BCUT2D eigenvalue weighted by Gasteiger charge is 2.22. The molecule has 0 radical (unpaired) electrons. The van der Waals surface area contributed by atoms with Crippen molar-refractivity contribution in [2.75, 3.05) is 4.90 Å². The Kier molecular flexibility index (Phi) is 10.9. The van der Waals surface area contributed by atoms with E-state index in [0.29, 0.717) is 0 Å². The summed E-state index contributed by atoms with van der Waals surface area (Å²) in [6.07, 6.45) is 0. The lowest BCUT2D eigenvalue weighted by molar-refractivity contribution is 1.18. The maximum absolute atomic E-state index is 2.43. The third-order valence-electron chi connectivity index (χ3n) is 14.2. The van der Waals surface area contributed by atoms with Crippen LogP contribution >= 0.6 is 0 Å². The lowest BCUT2D eigenvalue weighted by atomic mass is 9.90. The second-order valence-electron chi connectivity index (χ2n) is 18.4. The number of nitrogens with zero attached hydrogens (tertiary/aromatic N) is 2. The van der Waals surface area contributed by atoms with Crippen molar-refractivity contribution in [2.24, 2.45) is 0 Å². The van der Waals surface area contributed by atoms with Gasteiger partial charge in [-0.15, -0.1) is 0 Å². The molecule has 0 bridgehead atoms. The lowest BCUT2D eigenvalue weighted by Gasteiger charge is -2.29. The summed E-state index contributed by atoms with van der Waals surface area (Å²) in [7, 11) is 0. The molecule has 0 N–H and O–H groups in total. The van der Waals surface area contributed by atoms with Crippen molar-refractivity contribution in [3.05, 3.63) is 291 Å². The summed E-state index contributed by atoms with van der Waals surface area (Å²) < 4.78 is 2.42. The van der Waals surface area contributed by atoms with Crippen LogP contribution in [0.3, 0.4) is 0 Å². The first-order valence-corrected chi connectivity index (χ1v) is 24.8. The topological polar surface area (TPSA) is 8.17 Å². The molecular weight excluding hydrogens is 869 g/mol. The van der Waals surface area contributed by atoms with Crippen LogP contribution in [-0.2, 0) is 0 Å². The number of para-hydroxylation sites is 4. The van der Waals surface area contributed by atoms with Gasteiger partial charge in [0.05, 0.1) is 16.7 Å². The van der Waals surface area contributed by atoms with E-state index in [-0.39, 0.29) is 0 Å². The highest BCUT2D eigenvalue weighted by atomic mass is 15.1. The summed E-state index contributed by atoms with van der Waals surface area (Å²) in [5, 5.41) is 4.93. The smallest absolute Gasteiger partial charge is 0.0619 e. The van der Waals surface area contributed by atoms with E-state index in [4.69, 9.17) is 0 Å². The molecule has 0 spiro atoms. The molecule has 13 aromatic rings. The summed E-state index contributed by atoms with van der Waals surface area (Å²) in [6, 6.07) is 106. The maximum Gasteiger partial charge on any atom is 0.0619 e. The zero-order chi connectivity index (χ0) is 47.8. The van der Waals surface area contributed by atoms with Crippen molar-refractivity contribution in [3.8, 4) is 72.4 Å². The summed E-state index contributed by atoms with van der Waals surface area (Å²) in [4.78, 5) is 2.43. The molecule has 0 fully saturated rings. The Labute approximate surface area is 420 Å². The van der Waals surface area contributed by atoms with Gasteiger partial charge >= 0.3 is 0 Å². The van der Waals surface area contributed by atoms with Gasteiger partial charge in [0, 0.05) is 39.0 Å². The molecule has 0 atom stereocenters. The van der Waals surface area contributed by atoms with Gasteiger partial charge < -0.3 is 9.47 Å². The van der Waals surface area contributed by atoms with Crippen LogP contribution in [0.4, 0.5) is 17.1 Å². The first-order chi connectivity index (χ1) is 35.7. The van der Waals surface area contributed by atoms with Crippen molar-refractivity contribution in [1.82, 2.24) is 4.57 Å². The number of rotatable bonds is 10. The second kappa shape index (κ2) is 18.4. The van der Waals surface area contributed by atoms with Crippen molar-refractivity contribution in [1.29, 1.82) is 0 Å². The third kappa shape index (κ3) is 7.63. The van der Waals surface area contributed by atoms with E-state index in [1.54, 1.807) is 0 Å². The van der Waals surface area contributed by atoms with Crippen LogP contribution in [0.2, 0.25) is 0 Å². The number of hydrogen-bond donors (Lipinski definition) is 0. The lowest BCUT2D eigenvalue weighted by Crippen LogP contribution is -2.11.